The van der Waals surface area contributed by atoms with Gasteiger partial charge in [0.1, 0.15) is 11.9 Å². The van der Waals surface area contributed by atoms with E-state index in [1.165, 1.54) is 12.1 Å². The van der Waals surface area contributed by atoms with Crippen molar-refractivity contribution in [3.05, 3.63) is 24.3 Å². The van der Waals surface area contributed by atoms with Crippen molar-refractivity contribution >= 4 is 15.7 Å². The smallest absolute Gasteiger partial charge is 0.237 e. The third kappa shape index (κ3) is 3.10. The van der Waals surface area contributed by atoms with E-state index < -0.39 is 21.3 Å². The molecule has 2 atom stereocenters. The largest absolute Gasteiger partial charge is 0.490 e. The zero-order chi connectivity index (χ0) is 15.0. The van der Waals surface area contributed by atoms with E-state index in [1.54, 1.807) is 12.1 Å². The molecule has 1 aromatic carbocycles. The summed E-state index contributed by atoms with van der Waals surface area (Å²) >= 11 is 0. The van der Waals surface area contributed by atoms with Crippen LogP contribution in [0.4, 0.5) is 0 Å². The van der Waals surface area contributed by atoms with Gasteiger partial charge in [-0.2, -0.15) is 0 Å². The van der Waals surface area contributed by atoms with Crippen molar-refractivity contribution in [3.8, 4) is 5.75 Å². The van der Waals surface area contributed by atoms with Crippen molar-refractivity contribution in [2.45, 2.75) is 35.8 Å². The van der Waals surface area contributed by atoms with Crippen LogP contribution in [-0.4, -0.2) is 32.2 Å². The minimum absolute atomic E-state index is 0.184. The number of rotatable bonds is 4. The van der Waals surface area contributed by atoms with Crippen LogP contribution in [0.5, 0.6) is 5.75 Å². The minimum Gasteiger partial charge on any atom is -0.490 e. The highest BCUT2D eigenvalue weighted by atomic mass is 32.2. The molecule has 0 aliphatic heterocycles. The van der Waals surface area contributed by atoms with Crippen molar-refractivity contribution in [1.82, 2.24) is 0 Å². The van der Waals surface area contributed by atoms with Gasteiger partial charge in [0.2, 0.25) is 5.91 Å². The lowest BCUT2D eigenvalue weighted by atomic mass is 9.99. The second-order valence-electron chi connectivity index (χ2n) is 5.25. The van der Waals surface area contributed by atoms with Crippen LogP contribution >= 0.6 is 0 Å². The first-order valence-corrected chi connectivity index (χ1v) is 8.15. The van der Waals surface area contributed by atoms with Crippen LogP contribution in [0.25, 0.3) is 0 Å². The number of primary amides is 1. The molecule has 6 nitrogen and oxygen atoms in total. The molecular weight excluding hydrogens is 280 g/mol. The molecule has 2 rings (SSSR count). The highest BCUT2D eigenvalue weighted by Crippen LogP contribution is 2.31. The first kappa shape index (κ1) is 14.8. The maximum atomic E-state index is 11.3. The molecule has 4 N–H and O–H groups in total. The van der Waals surface area contributed by atoms with Gasteiger partial charge in [-0.15, -0.1) is 0 Å². The van der Waals surface area contributed by atoms with Gasteiger partial charge < -0.3 is 16.2 Å². The molecule has 0 radical (unpaired) electrons. The molecular formula is C13H18N2O4S. The molecule has 1 saturated carbocycles. The number of ether oxygens (including phenoxy) is 1. The number of amides is 1. The third-order valence-electron chi connectivity index (χ3n) is 3.55. The van der Waals surface area contributed by atoms with E-state index in [-0.39, 0.29) is 11.0 Å². The molecule has 0 heterocycles. The van der Waals surface area contributed by atoms with Gasteiger partial charge in [0.25, 0.3) is 0 Å². The first-order chi connectivity index (χ1) is 9.21. The van der Waals surface area contributed by atoms with Gasteiger partial charge >= 0.3 is 0 Å². The average molecular weight is 298 g/mol. The minimum atomic E-state index is -3.21. The Balaban J connectivity index is 2.04. The lowest BCUT2D eigenvalue weighted by molar-refractivity contribution is -0.123. The second-order valence-corrected chi connectivity index (χ2v) is 7.26. The Labute approximate surface area is 118 Å². The van der Waals surface area contributed by atoms with E-state index in [2.05, 4.69) is 0 Å². The fourth-order valence-corrected chi connectivity index (χ4v) is 2.94. The number of carbonyl (C=O) groups excluding carboxylic acids is 1. The van der Waals surface area contributed by atoms with Crippen molar-refractivity contribution in [2.75, 3.05) is 6.26 Å². The van der Waals surface area contributed by atoms with Crippen LogP contribution in [0.1, 0.15) is 19.3 Å². The van der Waals surface area contributed by atoms with Crippen LogP contribution in [0.15, 0.2) is 29.2 Å². The van der Waals surface area contributed by atoms with Gasteiger partial charge in [-0.05, 0) is 37.1 Å². The Kier molecular flexibility index (Phi) is 3.75. The Morgan fingerprint density at radius 2 is 1.95 bits per heavy atom. The fourth-order valence-electron chi connectivity index (χ4n) is 2.31. The molecule has 7 heteroatoms. The number of benzene rings is 1. The quantitative estimate of drug-likeness (QED) is 0.824. The molecule has 1 aromatic rings. The Morgan fingerprint density at radius 3 is 2.40 bits per heavy atom. The summed E-state index contributed by atoms with van der Waals surface area (Å²) < 4.78 is 28.4. The van der Waals surface area contributed by atoms with Gasteiger partial charge in [0, 0.05) is 12.7 Å². The highest BCUT2D eigenvalue weighted by molar-refractivity contribution is 7.90. The molecule has 110 valence electrons. The fraction of sp³-hybridized carbons (Fsp3) is 0.462. The predicted molar refractivity (Wildman–Crippen MR) is 73.9 cm³/mol. The molecule has 20 heavy (non-hydrogen) atoms. The molecule has 1 aliphatic carbocycles. The molecule has 1 aliphatic rings. The molecule has 0 bridgehead atoms. The number of nitrogens with two attached hydrogens (primary N) is 2. The van der Waals surface area contributed by atoms with Crippen LogP contribution in [0, 0.1) is 0 Å². The van der Waals surface area contributed by atoms with Gasteiger partial charge in [-0.3, -0.25) is 4.79 Å². The predicted octanol–water partition coefficient (Wildman–Crippen LogP) is 0.204. The Hall–Kier alpha value is -1.60. The molecule has 0 aromatic heterocycles. The van der Waals surface area contributed by atoms with Crippen molar-refractivity contribution in [1.29, 1.82) is 0 Å². The Morgan fingerprint density at radius 1 is 1.35 bits per heavy atom. The summed E-state index contributed by atoms with van der Waals surface area (Å²) in [6.07, 6.45) is 2.48. The van der Waals surface area contributed by atoms with Crippen LogP contribution in [0.3, 0.4) is 0 Å². The summed E-state index contributed by atoms with van der Waals surface area (Å²) in [6.45, 7) is 0. The van der Waals surface area contributed by atoms with Crippen molar-refractivity contribution < 1.29 is 17.9 Å². The lowest BCUT2D eigenvalue weighted by Crippen LogP contribution is -2.50. The van der Waals surface area contributed by atoms with E-state index in [0.717, 1.165) is 6.26 Å². The first-order valence-electron chi connectivity index (χ1n) is 6.26. The van der Waals surface area contributed by atoms with E-state index in [9.17, 15) is 13.2 Å². The SMILES string of the molecule is CS(=O)(=O)c1ccc(OC2CCC(N)(C(N)=O)C2)cc1. The molecule has 0 saturated heterocycles. The average Bonchev–Trinajstić information content (AvgIpc) is 2.72. The highest BCUT2D eigenvalue weighted by Gasteiger charge is 2.41. The summed E-state index contributed by atoms with van der Waals surface area (Å²) in [5.74, 6) is 0.0344. The van der Waals surface area contributed by atoms with Gasteiger partial charge in [0.15, 0.2) is 9.84 Å². The van der Waals surface area contributed by atoms with Crippen molar-refractivity contribution in [3.63, 3.8) is 0 Å². The zero-order valence-corrected chi connectivity index (χ0v) is 12.0. The van der Waals surface area contributed by atoms with Crippen molar-refractivity contribution in [2.24, 2.45) is 11.5 Å². The summed E-state index contributed by atoms with van der Waals surface area (Å²) in [6, 6.07) is 6.17. The maximum absolute atomic E-state index is 11.3. The molecule has 0 spiro atoms. The lowest BCUT2D eigenvalue weighted by Gasteiger charge is -2.19. The monoisotopic (exact) mass is 298 g/mol. The summed E-state index contributed by atoms with van der Waals surface area (Å²) in [5.41, 5.74) is 10.2. The zero-order valence-electron chi connectivity index (χ0n) is 11.2. The summed E-state index contributed by atoms with van der Waals surface area (Å²) in [4.78, 5) is 11.5. The number of hydrogen-bond acceptors (Lipinski definition) is 5. The second kappa shape index (κ2) is 5.06. The summed E-state index contributed by atoms with van der Waals surface area (Å²) in [5, 5.41) is 0. The standard InChI is InChI=1S/C13H18N2O4S/c1-20(17,18)11-4-2-9(3-5-11)19-10-6-7-13(15,8-10)12(14)16/h2-5,10H,6-8,15H2,1H3,(H2,14,16). The van der Waals surface area contributed by atoms with Gasteiger partial charge in [0.05, 0.1) is 10.4 Å². The molecule has 1 amide bonds. The van der Waals surface area contributed by atoms with Crippen LogP contribution < -0.4 is 16.2 Å². The summed E-state index contributed by atoms with van der Waals surface area (Å²) in [7, 11) is -3.21. The van der Waals surface area contributed by atoms with Crippen LogP contribution in [-0.2, 0) is 14.6 Å². The van der Waals surface area contributed by atoms with Crippen LogP contribution in [0.2, 0.25) is 0 Å². The van der Waals surface area contributed by atoms with Gasteiger partial charge in [-0.1, -0.05) is 0 Å². The number of sulfone groups is 1. The topological polar surface area (TPSA) is 112 Å². The number of hydrogen-bond donors (Lipinski definition) is 2. The van der Waals surface area contributed by atoms with E-state index in [0.29, 0.717) is 25.0 Å². The van der Waals surface area contributed by atoms with Gasteiger partial charge in [-0.25, -0.2) is 8.42 Å². The molecule has 2 unspecified atom stereocenters. The normalized spacial score (nSPS) is 26.4. The molecule has 1 fully saturated rings. The van der Waals surface area contributed by atoms with E-state index >= 15 is 0 Å². The number of carbonyl (C=O) groups is 1. The maximum Gasteiger partial charge on any atom is 0.237 e. The van der Waals surface area contributed by atoms with E-state index in [1.807, 2.05) is 0 Å². The van der Waals surface area contributed by atoms with E-state index in [4.69, 9.17) is 16.2 Å². The third-order valence-corrected chi connectivity index (χ3v) is 4.68. The Bertz CT molecular complexity index is 612.